The van der Waals surface area contributed by atoms with Crippen molar-refractivity contribution in [3.63, 3.8) is 0 Å². The Morgan fingerprint density at radius 3 is 1.23 bits per heavy atom. The van der Waals surface area contributed by atoms with E-state index in [-0.39, 0.29) is 0 Å². The lowest BCUT2D eigenvalue weighted by Crippen LogP contribution is -2.61. The van der Waals surface area contributed by atoms with Crippen molar-refractivity contribution in [3.05, 3.63) is 0 Å². The number of hydrogen-bond donors (Lipinski definition) is 0. The van der Waals surface area contributed by atoms with E-state index in [2.05, 4.69) is 33.1 Å². The first-order valence-corrected chi connectivity index (χ1v) is 22.2. The predicted octanol–water partition coefficient (Wildman–Crippen LogP) is 4.15. The van der Waals surface area contributed by atoms with Crippen LogP contribution in [0.15, 0.2) is 0 Å². The predicted molar refractivity (Wildman–Crippen MR) is 116 cm³/mol. The highest BCUT2D eigenvalue weighted by molar-refractivity contribution is 6.89. The fourth-order valence-electron chi connectivity index (χ4n) is 3.24. The molecule has 0 rings (SSSR count). The third-order valence-corrected chi connectivity index (χ3v) is 21.7. The normalized spacial score (nSPS) is 14.8. The van der Waals surface area contributed by atoms with Gasteiger partial charge in [-0.05, 0) is 58.4 Å². The Hall–Kier alpha value is 0.804. The van der Waals surface area contributed by atoms with Gasteiger partial charge in [-0.15, -0.1) is 0 Å². The molecular weight excluding hydrogens is 421 g/mol. The van der Waals surface area contributed by atoms with Gasteiger partial charge in [-0.1, -0.05) is 13.3 Å². The van der Waals surface area contributed by atoms with E-state index in [9.17, 15) is 0 Å². The molecule has 0 aromatic rings. The van der Waals surface area contributed by atoms with Gasteiger partial charge >= 0.3 is 34.7 Å². The molecule has 158 valence electrons. The lowest BCUT2D eigenvalue weighted by molar-refractivity contribution is 0.0404. The first-order valence-electron chi connectivity index (χ1n) is 9.03. The van der Waals surface area contributed by atoms with E-state index in [1.807, 2.05) is 26.2 Å². The van der Waals surface area contributed by atoms with E-state index in [0.29, 0.717) is 0 Å². The van der Waals surface area contributed by atoms with Crippen molar-refractivity contribution >= 4 is 43.0 Å². The largest absolute Gasteiger partial charge is 0.669 e. The molecule has 26 heavy (non-hydrogen) atoms. The van der Waals surface area contributed by atoms with Gasteiger partial charge in [0, 0.05) is 21.3 Å². The average molecular weight is 461 g/mol. The SMILES string of the molecule is CCC[Si](C)(C)O[Si](C)(C)O[Si](C)(C)O[Si](C)(C)O[Si](OC)(OC)OC. The van der Waals surface area contributed by atoms with Crippen LogP contribution in [0, 0.1) is 0 Å². The van der Waals surface area contributed by atoms with E-state index in [1.165, 1.54) is 21.3 Å². The monoisotopic (exact) mass is 460 g/mol. The highest BCUT2D eigenvalue weighted by atomic mass is 28.5. The maximum absolute atomic E-state index is 6.50. The minimum absolute atomic E-state index is 1.13. The van der Waals surface area contributed by atoms with Crippen LogP contribution in [-0.2, 0) is 29.7 Å². The van der Waals surface area contributed by atoms with E-state index in [4.69, 9.17) is 29.7 Å². The Labute approximate surface area is 166 Å². The first kappa shape index (κ1) is 26.8. The van der Waals surface area contributed by atoms with Crippen molar-refractivity contribution in [1.82, 2.24) is 0 Å². The maximum Gasteiger partial charge on any atom is 0.669 e. The molecule has 7 nitrogen and oxygen atoms in total. The zero-order valence-electron chi connectivity index (χ0n) is 18.8. The molecular formula is C14H40O7Si5. The van der Waals surface area contributed by atoms with E-state index in [0.717, 1.165) is 12.5 Å². The van der Waals surface area contributed by atoms with Gasteiger partial charge in [0.05, 0.1) is 0 Å². The van der Waals surface area contributed by atoms with Crippen molar-refractivity contribution < 1.29 is 29.7 Å². The second-order valence-corrected chi connectivity index (χ2v) is 26.1. The van der Waals surface area contributed by atoms with Crippen LogP contribution < -0.4 is 0 Å². The van der Waals surface area contributed by atoms with Crippen LogP contribution in [0.2, 0.25) is 58.4 Å². The quantitative estimate of drug-likeness (QED) is 0.382. The number of hydrogen-bond acceptors (Lipinski definition) is 7. The summed E-state index contributed by atoms with van der Waals surface area (Å²) in [5.41, 5.74) is 0. The van der Waals surface area contributed by atoms with Crippen LogP contribution in [-0.4, -0.2) is 64.4 Å². The van der Waals surface area contributed by atoms with Crippen LogP contribution in [0.25, 0.3) is 0 Å². The minimum Gasteiger partial charge on any atom is -0.436 e. The van der Waals surface area contributed by atoms with Crippen molar-refractivity contribution in [2.24, 2.45) is 0 Å². The molecule has 12 heteroatoms. The smallest absolute Gasteiger partial charge is 0.436 e. The van der Waals surface area contributed by atoms with E-state index in [1.54, 1.807) is 0 Å². The zero-order chi connectivity index (χ0) is 20.9. The van der Waals surface area contributed by atoms with Crippen LogP contribution in [0.1, 0.15) is 13.3 Å². The van der Waals surface area contributed by atoms with Gasteiger partial charge in [0.2, 0.25) is 0 Å². The molecule has 0 heterocycles. The third kappa shape index (κ3) is 9.83. The molecule has 0 bridgehead atoms. The van der Waals surface area contributed by atoms with Crippen molar-refractivity contribution in [2.45, 2.75) is 71.8 Å². The van der Waals surface area contributed by atoms with Gasteiger partial charge < -0.3 is 29.7 Å². The summed E-state index contributed by atoms with van der Waals surface area (Å²) in [6.07, 6.45) is 1.13. The molecule has 0 aliphatic carbocycles. The molecule has 0 aromatic heterocycles. The van der Waals surface area contributed by atoms with E-state index >= 15 is 0 Å². The van der Waals surface area contributed by atoms with Crippen molar-refractivity contribution in [2.75, 3.05) is 21.3 Å². The number of rotatable bonds is 13. The third-order valence-electron chi connectivity index (χ3n) is 3.48. The topological polar surface area (TPSA) is 64.6 Å². The van der Waals surface area contributed by atoms with Gasteiger partial charge in [0.25, 0.3) is 0 Å². The molecule has 0 unspecified atom stereocenters. The molecule has 0 N–H and O–H groups in total. The summed E-state index contributed by atoms with van der Waals surface area (Å²) in [5, 5.41) is 0. The molecule has 0 spiro atoms. The summed E-state index contributed by atoms with van der Waals surface area (Å²) >= 11 is 0. The summed E-state index contributed by atoms with van der Waals surface area (Å²) in [6.45, 7) is 18.9. The molecule has 0 atom stereocenters. The zero-order valence-corrected chi connectivity index (χ0v) is 23.8. The molecule has 0 fully saturated rings. The Morgan fingerprint density at radius 1 is 0.538 bits per heavy atom. The van der Waals surface area contributed by atoms with E-state index < -0.39 is 43.0 Å². The van der Waals surface area contributed by atoms with Crippen molar-refractivity contribution in [1.29, 1.82) is 0 Å². The second kappa shape index (κ2) is 10.0. The van der Waals surface area contributed by atoms with Gasteiger partial charge in [-0.2, -0.15) is 0 Å². The van der Waals surface area contributed by atoms with Gasteiger partial charge in [0.1, 0.15) is 0 Å². The summed E-state index contributed by atoms with van der Waals surface area (Å²) < 4.78 is 41.6. The Balaban J connectivity index is 5.10. The standard InChI is InChI=1S/C14H40O7Si5/c1-13-14-22(5,6)18-23(7,8)19-24(9,10)20-25(11,12)21-26(15-2,16-3)17-4/h13-14H2,1-12H3. The van der Waals surface area contributed by atoms with Crippen LogP contribution in [0.4, 0.5) is 0 Å². The summed E-state index contributed by atoms with van der Waals surface area (Å²) in [6, 6.07) is 1.13. The first-order chi connectivity index (χ1) is 11.6. The molecule has 0 aromatic carbocycles. The van der Waals surface area contributed by atoms with Gasteiger partial charge in [0.15, 0.2) is 8.32 Å². The lowest BCUT2D eigenvalue weighted by atomic mass is 10.6. The Bertz CT molecular complexity index is 420. The Morgan fingerprint density at radius 2 is 0.885 bits per heavy atom. The minimum atomic E-state index is -3.17. The summed E-state index contributed by atoms with van der Waals surface area (Å²) in [5.74, 6) is 0. The molecule has 0 saturated carbocycles. The lowest BCUT2D eigenvalue weighted by Gasteiger charge is -2.41. The molecule has 0 radical (unpaired) electrons. The molecule has 0 aliphatic rings. The molecule has 0 amide bonds. The van der Waals surface area contributed by atoms with Gasteiger partial charge in [-0.25, -0.2) is 0 Å². The Kier molecular flexibility index (Phi) is 10.3. The second-order valence-electron chi connectivity index (χ2n) is 8.23. The fraction of sp³-hybridized carbons (Fsp3) is 1.00. The van der Waals surface area contributed by atoms with Crippen molar-refractivity contribution in [3.8, 4) is 0 Å². The van der Waals surface area contributed by atoms with Crippen LogP contribution in [0.3, 0.4) is 0 Å². The average Bonchev–Trinajstić information content (AvgIpc) is 2.40. The van der Waals surface area contributed by atoms with Crippen LogP contribution in [0.5, 0.6) is 0 Å². The highest BCUT2D eigenvalue weighted by Gasteiger charge is 2.51. The highest BCUT2D eigenvalue weighted by Crippen LogP contribution is 2.27. The summed E-state index contributed by atoms with van der Waals surface area (Å²) in [7, 11) is -7.73. The fourth-order valence-corrected chi connectivity index (χ4v) is 25.2. The molecule has 0 aliphatic heterocycles. The molecule has 0 saturated heterocycles. The summed E-state index contributed by atoms with van der Waals surface area (Å²) in [4.78, 5) is 0. The van der Waals surface area contributed by atoms with Crippen LogP contribution >= 0.6 is 0 Å². The van der Waals surface area contributed by atoms with Gasteiger partial charge in [-0.3, -0.25) is 0 Å². The maximum atomic E-state index is 6.50.